The molecule has 0 atom stereocenters. The van der Waals surface area contributed by atoms with Crippen LogP contribution >= 0.6 is 0 Å². The normalized spacial score (nSPS) is 10.8. The van der Waals surface area contributed by atoms with Crippen LogP contribution in [0, 0.1) is 5.82 Å². The molecule has 1 aromatic carbocycles. The van der Waals surface area contributed by atoms with E-state index in [0.717, 1.165) is 4.57 Å². The number of benzene rings is 1. The van der Waals surface area contributed by atoms with Gasteiger partial charge in [-0.2, -0.15) is 0 Å². The van der Waals surface area contributed by atoms with Crippen molar-refractivity contribution in [1.29, 1.82) is 0 Å². The van der Waals surface area contributed by atoms with Gasteiger partial charge in [-0.15, -0.1) is 0 Å². The Morgan fingerprint density at radius 2 is 1.86 bits per heavy atom. The lowest BCUT2D eigenvalue weighted by molar-refractivity contribution is -0.145. The summed E-state index contributed by atoms with van der Waals surface area (Å²) in [6, 6.07) is 10.8. The first-order valence-electron chi connectivity index (χ1n) is 8.62. The average Bonchev–Trinajstić information content (AvgIpc) is 3.15. The van der Waals surface area contributed by atoms with Crippen molar-refractivity contribution in [1.82, 2.24) is 9.13 Å². The van der Waals surface area contributed by atoms with Crippen molar-refractivity contribution in [2.45, 2.75) is 19.4 Å². The van der Waals surface area contributed by atoms with E-state index in [9.17, 15) is 18.8 Å². The topological polar surface area (TPSA) is 83.4 Å². The SMILES string of the molecule is Cn1c(COC(=O)CCc2ccc(-c3ccccc3F)o2)cc(=O)n(C)c1=O. The second-order valence-electron chi connectivity index (χ2n) is 6.28. The number of halogens is 1. The van der Waals surface area contributed by atoms with Crippen LogP contribution in [0.5, 0.6) is 0 Å². The van der Waals surface area contributed by atoms with Gasteiger partial charge in [-0.25, -0.2) is 9.18 Å². The zero-order chi connectivity index (χ0) is 20.3. The molecule has 0 saturated heterocycles. The summed E-state index contributed by atoms with van der Waals surface area (Å²) in [6.07, 6.45) is 0.325. The van der Waals surface area contributed by atoms with Crippen LogP contribution in [-0.2, 0) is 36.7 Å². The van der Waals surface area contributed by atoms with Crippen LogP contribution in [0.15, 0.2) is 56.5 Å². The molecule has 2 aromatic heterocycles. The molecule has 8 heteroatoms. The van der Waals surface area contributed by atoms with Crippen LogP contribution in [-0.4, -0.2) is 15.1 Å². The summed E-state index contributed by atoms with van der Waals surface area (Å²) in [5, 5.41) is 0. The van der Waals surface area contributed by atoms with Crippen LogP contribution in [0.25, 0.3) is 11.3 Å². The third-order valence-corrected chi connectivity index (χ3v) is 4.38. The number of rotatable bonds is 6. The summed E-state index contributed by atoms with van der Waals surface area (Å²) in [5.74, 6) is 0.0205. The van der Waals surface area contributed by atoms with Gasteiger partial charge in [-0.1, -0.05) is 12.1 Å². The van der Waals surface area contributed by atoms with Gasteiger partial charge in [-0.3, -0.25) is 18.7 Å². The standard InChI is InChI=1S/C20H19FN2O5/c1-22-13(11-18(24)23(2)20(22)26)12-27-19(25)10-8-14-7-9-17(28-14)15-5-3-4-6-16(15)21/h3-7,9,11H,8,10,12H2,1-2H3. The van der Waals surface area contributed by atoms with Gasteiger partial charge in [0.2, 0.25) is 0 Å². The van der Waals surface area contributed by atoms with Crippen molar-refractivity contribution in [2.24, 2.45) is 14.1 Å². The van der Waals surface area contributed by atoms with E-state index in [-0.39, 0.29) is 25.3 Å². The Bertz CT molecular complexity index is 1130. The van der Waals surface area contributed by atoms with Gasteiger partial charge in [0.15, 0.2) is 0 Å². The third kappa shape index (κ3) is 4.11. The second-order valence-corrected chi connectivity index (χ2v) is 6.28. The molecule has 0 saturated carbocycles. The number of ether oxygens (including phenoxy) is 1. The number of hydrogen-bond donors (Lipinski definition) is 0. The van der Waals surface area contributed by atoms with Crippen LogP contribution in [0.3, 0.4) is 0 Å². The highest BCUT2D eigenvalue weighted by molar-refractivity contribution is 5.69. The van der Waals surface area contributed by atoms with E-state index < -0.39 is 17.2 Å². The summed E-state index contributed by atoms with van der Waals surface area (Å²) in [7, 11) is 2.87. The number of carbonyl (C=O) groups is 1. The Balaban J connectivity index is 1.58. The zero-order valence-corrected chi connectivity index (χ0v) is 15.5. The maximum absolute atomic E-state index is 13.8. The summed E-state index contributed by atoms with van der Waals surface area (Å²) >= 11 is 0. The van der Waals surface area contributed by atoms with Gasteiger partial charge in [0, 0.05) is 26.6 Å². The lowest BCUT2D eigenvalue weighted by atomic mass is 10.1. The second kappa shape index (κ2) is 8.08. The highest BCUT2D eigenvalue weighted by Gasteiger charge is 2.12. The summed E-state index contributed by atoms with van der Waals surface area (Å²) in [4.78, 5) is 35.5. The molecule has 0 fully saturated rings. The van der Waals surface area contributed by atoms with Gasteiger partial charge in [-0.05, 0) is 24.3 Å². The van der Waals surface area contributed by atoms with E-state index in [4.69, 9.17) is 9.15 Å². The number of nitrogens with zero attached hydrogens (tertiary/aromatic N) is 2. The van der Waals surface area contributed by atoms with Crippen LogP contribution in [0.4, 0.5) is 4.39 Å². The predicted molar refractivity (Wildman–Crippen MR) is 99.1 cm³/mol. The van der Waals surface area contributed by atoms with Gasteiger partial charge in [0.25, 0.3) is 5.56 Å². The number of carbonyl (C=O) groups excluding carboxylic acids is 1. The van der Waals surface area contributed by atoms with E-state index in [0.29, 0.717) is 22.8 Å². The molecule has 146 valence electrons. The molecule has 7 nitrogen and oxygen atoms in total. The van der Waals surface area contributed by atoms with Crippen LogP contribution < -0.4 is 11.2 Å². The fourth-order valence-corrected chi connectivity index (χ4v) is 2.69. The molecule has 0 N–H and O–H groups in total. The first kappa shape index (κ1) is 19.3. The summed E-state index contributed by atoms with van der Waals surface area (Å²) < 4.78 is 26.7. The lowest BCUT2D eigenvalue weighted by Crippen LogP contribution is -2.38. The lowest BCUT2D eigenvalue weighted by Gasteiger charge is -2.09. The van der Waals surface area contributed by atoms with Gasteiger partial charge < -0.3 is 9.15 Å². The molecule has 3 aromatic rings. The number of aromatic nitrogens is 2. The number of esters is 1. The van der Waals surface area contributed by atoms with Crippen molar-refractivity contribution in [3.8, 4) is 11.3 Å². The molecule has 2 heterocycles. The van der Waals surface area contributed by atoms with E-state index in [1.165, 1.54) is 30.8 Å². The van der Waals surface area contributed by atoms with E-state index in [1.54, 1.807) is 30.3 Å². The molecule has 0 aliphatic carbocycles. The maximum Gasteiger partial charge on any atom is 0.330 e. The maximum atomic E-state index is 13.8. The smallest absolute Gasteiger partial charge is 0.330 e. The van der Waals surface area contributed by atoms with Crippen molar-refractivity contribution in [2.75, 3.05) is 0 Å². The Kier molecular flexibility index (Phi) is 5.58. The fourth-order valence-electron chi connectivity index (χ4n) is 2.69. The highest BCUT2D eigenvalue weighted by atomic mass is 19.1. The number of aryl methyl sites for hydroxylation is 1. The minimum absolute atomic E-state index is 0.0447. The van der Waals surface area contributed by atoms with Crippen molar-refractivity contribution in [3.05, 3.63) is 80.6 Å². The molecule has 3 rings (SSSR count). The van der Waals surface area contributed by atoms with Crippen molar-refractivity contribution >= 4 is 5.97 Å². The molecule has 0 unspecified atom stereocenters. The number of furan rings is 1. The minimum Gasteiger partial charge on any atom is -0.461 e. The van der Waals surface area contributed by atoms with Gasteiger partial charge >= 0.3 is 11.7 Å². The molecule has 28 heavy (non-hydrogen) atoms. The monoisotopic (exact) mass is 386 g/mol. The third-order valence-electron chi connectivity index (χ3n) is 4.38. The van der Waals surface area contributed by atoms with E-state index in [2.05, 4.69) is 0 Å². The van der Waals surface area contributed by atoms with Crippen LogP contribution in [0.2, 0.25) is 0 Å². The quantitative estimate of drug-likeness (QED) is 0.606. The first-order valence-corrected chi connectivity index (χ1v) is 8.62. The molecule has 0 bridgehead atoms. The largest absolute Gasteiger partial charge is 0.461 e. The molecule has 0 aliphatic rings. The number of hydrogen-bond acceptors (Lipinski definition) is 5. The van der Waals surface area contributed by atoms with Crippen molar-refractivity contribution in [3.63, 3.8) is 0 Å². The Labute approximate surface area is 159 Å². The summed E-state index contributed by atoms with van der Waals surface area (Å²) in [5.41, 5.74) is -0.301. The van der Waals surface area contributed by atoms with Gasteiger partial charge in [0.1, 0.15) is 23.9 Å². The zero-order valence-electron chi connectivity index (χ0n) is 15.5. The van der Waals surface area contributed by atoms with E-state index in [1.807, 2.05) is 0 Å². The Morgan fingerprint density at radius 3 is 2.61 bits per heavy atom. The Hall–Kier alpha value is -3.42. The van der Waals surface area contributed by atoms with Gasteiger partial charge in [0.05, 0.1) is 17.7 Å². The highest BCUT2D eigenvalue weighted by Crippen LogP contribution is 2.25. The van der Waals surface area contributed by atoms with Crippen molar-refractivity contribution < 1.29 is 18.3 Å². The van der Waals surface area contributed by atoms with Crippen LogP contribution in [0.1, 0.15) is 17.9 Å². The Morgan fingerprint density at radius 1 is 1.11 bits per heavy atom. The summed E-state index contributed by atoms with van der Waals surface area (Å²) in [6.45, 7) is -0.181. The average molecular weight is 386 g/mol. The first-order chi connectivity index (χ1) is 13.4. The fraction of sp³-hybridized carbons (Fsp3) is 0.250. The van der Waals surface area contributed by atoms with E-state index >= 15 is 0 Å². The molecule has 0 amide bonds. The predicted octanol–water partition coefficient (Wildman–Crippen LogP) is 2.16. The molecular weight excluding hydrogens is 367 g/mol. The molecule has 0 spiro atoms. The molecule has 0 aliphatic heterocycles. The minimum atomic E-state index is -0.503. The molecular formula is C20H19FN2O5. The molecule has 0 radical (unpaired) electrons.